The number of benzene rings is 1. The van der Waals surface area contributed by atoms with Gasteiger partial charge in [-0.3, -0.25) is 4.79 Å². The number of ether oxygens (including phenoxy) is 1. The molecule has 1 amide bonds. The van der Waals surface area contributed by atoms with Crippen molar-refractivity contribution in [2.24, 2.45) is 0 Å². The highest BCUT2D eigenvalue weighted by Gasteiger charge is 2.31. The number of amides is 1. The lowest BCUT2D eigenvalue weighted by Crippen LogP contribution is -2.43. The number of rotatable bonds is 2. The first-order chi connectivity index (χ1) is 11.3. The number of aromatic nitrogens is 1. The Bertz CT molecular complexity index is 761. The predicted octanol–water partition coefficient (Wildman–Crippen LogP) is 3.46. The minimum Gasteiger partial charge on any atom is -0.471 e. The molecule has 3 rings (SSSR count). The van der Waals surface area contributed by atoms with Crippen LogP contribution in [0.15, 0.2) is 42.6 Å². The molecule has 1 atom stereocenters. The van der Waals surface area contributed by atoms with Crippen molar-refractivity contribution in [2.45, 2.75) is 25.6 Å². The van der Waals surface area contributed by atoms with E-state index < -0.39 is 11.7 Å². The minimum absolute atomic E-state index is 0.120. The molecule has 0 fully saturated rings. The van der Waals surface area contributed by atoms with Crippen molar-refractivity contribution in [3.05, 3.63) is 53.7 Å². The molecule has 0 saturated carbocycles. The summed E-state index contributed by atoms with van der Waals surface area (Å²) in [5.41, 5.74) is 0.0946. The first-order valence-corrected chi connectivity index (χ1v) is 7.43. The van der Waals surface area contributed by atoms with Gasteiger partial charge < -0.3 is 9.64 Å². The van der Waals surface area contributed by atoms with Crippen LogP contribution in [-0.4, -0.2) is 23.5 Å². The number of fused-ring (bicyclic) bond motifs is 1. The van der Waals surface area contributed by atoms with Crippen LogP contribution in [0.25, 0.3) is 0 Å². The molecule has 0 aliphatic carbocycles. The zero-order chi connectivity index (χ0) is 17.3. The minimum atomic E-state index is -4.43. The van der Waals surface area contributed by atoms with Crippen molar-refractivity contribution in [3.8, 4) is 5.88 Å². The highest BCUT2D eigenvalue weighted by molar-refractivity contribution is 5.96. The van der Waals surface area contributed by atoms with Gasteiger partial charge in [-0.2, -0.15) is 13.2 Å². The molecule has 1 aliphatic rings. The number of hydrogen-bond donors (Lipinski definition) is 0. The maximum atomic E-state index is 12.8. The highest BCUT2D eigenvalue weighted by Crippen LogP contribution is 2.32. The van der Waals surface area contributed by atoms with E-state index in [-0.39, 0.29) is 18.4 Å². The Morgan fingerprint density at radius 1 is 1.33 bits per heavy atom. The van der Waals surface area contributed by atoms with Crippen LogP contribution in [0.5, 0.6) is 5.88 Å². The average molecular weight is 336 g/mol. The van der Waals surface area contributed by atoms with Crippen LogP contribution in [0.3, 0.4) is 0 Å². The smallest absolute Gasteiger partial charge is 0.416 e. The normalized spacial score (nSPS) is 17.2. The van der Waals surface area contributed by atoms with Crippen LogP contribution < -0.4 is 9.64 Å². The molecular weight excluding hydrogens is 321 g/mol. The van der Waals surface area contributed by atoms with Gasteiger partial charge in [-0.25, -0.2) is 4.98 Å². The van der Waals surface area contributed by atoms with Gasteiger partial charge in [0.05, 0.1) is 18.5 Å². The molecule has 126 valence electrons. The van der Waals surface area contributed by atoms with Gasteiger partial charge in [0.25, 0.3) is 0 Å². The van der Waals surface area contributed by atoms with E-state index in [2.05, 4.69) is 4.98 Å². The van der Waals surface area contributed by atoms with Gasteiger partial charge in [0.1, 0.15) is 11.8 Å². The lowest BCUT2D eigenvalue weighted by Gasteiger charge is -2.32. The quantitative estimate of drug-likeness (QED) is 0.843. The van der Waals surface area contributed by atoms with E-state index >= 15 is 0 Å². The first kappa shape index (κ1) is 16.3. The number of hydrogen-bond acceptors (Lipinski definition) is 3. The number of halogens is 3. The van der Waals surface area contributed by atoms with Gasteiger partial charge in [0.2, 0.25) is 11.8 Å². The van der Waals surface area contributed by atoms with E-state index in [4.69, 9.17) is 4.74 Å². The Labute approximate surface area is 136 Å². The van der Waals surface area contributed by atoms with E-state index in [1.165, 1.54) is 17.0 Å². The SMILES string of the molecule is CC1CN(C(=O)Cc2cccc(C(F)(F)F)c2)c2cccnc2O1. The Kier molecular flexibility index (Phi) is 4.17. The summed E-state index contributed by atoms with van der Waals surface area (Å²) in [7, 11) is 0. The van der Waals surface area contributed by atoms with Crippen LogP contribution in [0.1, 0.15) is 18.1 Å². The molecular formula is C17H15F3N2O2. The summed E-state index contributed by atoms with van der Waals surface area (Å²) in [5, 5.41) is 0. The number of carbonyl (C=O) groups is 1. The molecule has 2 aromatic rings. The van der Waals surface area contributed by atoms with Gasteiger partial charge >= 0.3 is 6.18 Å². The maximum absolute atomic E-state index is 12.8. The van der Waals surface area contributed by atoms with E-state index in [0.29, 0.717) is 23.7 Å². The van der Waals surface area contributed by atoms with Gasteiger partial charge in [-0.15, -0.1) is 0 Å². The third kappa shape index (κ3) is 3.34. The van der Waals surface area contributed by atoms with Crippen molar-refractivity contribution < 1.29 is 22.7 Å². The van der Waals surface area contributed by atoms with Crippen molar-refractivity contribution in [2.75, 3.05) is 11.4 Å². The standard InChI is InChI=1S/C17H15F3N2O2/c1-11-10-22(14-6-3-7-21-16(14)24-11)15(23)9-12-4-2-5-13(8-12)17(18,19)20/h2-8,11H,9-10H2,1H3. The molecule has 0 radical (unpaired) electrons. The largest absolute Gasteiger partial charge is 0.471 e. The lowest BCUT2D eigenvalue weighted by molar-refractivity contribution is -0.137. The molecule has 0 spiro atoms. The molecule has 1 unspecified atom stereocenters. The van der Waals surface area contributed by atoms with Crippen LogP contribution in [-0.2, 0) is 17.4 Å². The second kappa shape index (κ2) is 6.14. The van der Waals surface area contributed by atoms with Crippen molar-refractivity contribution in [3.63, 3.8) is 0 Å². The van der Waals surface area contributed by atoms with Gasteiger partial charge in [0.15, 0.2) is 0 Å². The third-order valence-corrected chi connectivity index (χ3v) is 3.71. The van der Waals surface area contributed by atoms with Crippen molar-refractivity contribution in [1.29, 1.82) is 0 Å². The molecule has 24 heavy (non-hydrogen) atoms. The van der Waals surface area contributed by atoms with Crippen LogP contribution in [0.2, 0.25) is 0 Å². The molecule has 4 nitrogen and oxygen atoms in total. The summed E-state index contributed by atoms with van der Waals surface area (Å²) in [6.07, 6.45) is -3.22. The number of alkyl halides is 3. The maximum Gasteiger partial charge on any atom is 0.416 e. The number of anilines is 1. The Morgan fingerprint density at radius 2 is 2.12 bits per heavy atom. The number of nitrogens with zero attached hydrogens (tertiary/aromatic N) is 2. The van der Waals surface area contributed by atoms with Gasteiger partial charge in [-0.1, -0.05) is 18.2 Å². The molecule has 0 bridgehead atoms. The Balaban J connectivity index is 1.83. The summed E-state index contributed by atoms with van der Waals surface area (Å²) >= 11 is 0. The van der Waals surface area contributed by atoms with E-state index in [0.717, 1.165) is 12.1 Å². The van der Waals surface area contributed by atoms with Gasteiger partial charge in [0, 0.05) is 6.20 Å². The Morgan fingerprint density at radius 3 is 2.88 bits per heavy atom. The summed E-state index contributed by atoms with van der Waals surface area (Å²) < 4.78 is 43.9. The summed E-state index contributed by atoms with van der Waals surface area (Å²) in [5.74, 6) is 0.0624. The van der Waals surface area contributed by atoms with Crippen LogP contribution in [0.4, 0.5) is 18.9 Å². The molecule has 1 aromatic carbocycles. The monoisotopic (exact) mass is 336 g/mol. The van der Waals surface area contributed by atoms with E-state index in [1.807, 2.05) is 6.92 Å². The van der Waals surface area contributed by atoms with E-state index in [9.17, 15) is 18.0 Å². The van der Waals surface area contributed by atoms with Crippen LogP contribution in [0, 0.1) is 0 Å². The van der Waals surface area contributed by atoms with Gasteiger partial charge in [-0.05, 0) is 30.7 Å². The molecule has 0 saturated heterocycles. The number of pyridine rings is 1. The zero-order valence-corrected chi connectivity index (χ0v) is 12.9. The van der Waals surface area contributed by atoms with Crippen molar-refractivity contribution in [1.82, 2.24) is 4.98 Å². The topological polar surface area (TPSA) is 42.4 Å². The van der Waals surface area contributed by atoms with Crippen molar-refractivity contribution >= 4 is 11.6 Å². The zero-order valence-electron chi connectivity index (χ0n) is 12.9. The molecule has 2 heterocycles. The summed E-state index contributed by atoms with van der Waals surface area (Å²) in [6, 6.07) is 8.21. The highest BCUT2D eigenvalue weighted by atomic mass is 19.4. The number of carbonyl (C=O) groups excluding carboxylic acids is 1. The predicted molar refractivity (Wildman–Crippen MR) is 81.8 cm³/mol. The molecule has 0 N–H and O–H groups in total. The lowest BCUT2D eigenvalue weighted by atomic mass is 10.1. The Hall–Kier alpha value is -2.57. The second-order valence-electron chi connectivity index (χ2n) is 5.64. The summed E-state index contributed by atoms with van der Waals surface area (Å²) in [4.78, 5) is 18.2. The van der Waals surface area contributed by atoms with Crippen LogP contribution >= 0.6 is 0 Å². The fourth-order valence-corrected chi connectivity index (χ4v) is 2.63. The first-order valence-electron chi connectivity index (χ1n) is 7.43. The molecule has 7 heteroatoms. The fraction of sp³-hybridized carbons (Fsp3) is 0.294. The van der Waals surface area contributed by atoms with E-state index in [1.54, 1.807) is 18.3 Å². The second-order valence-corrected chi connectivity index (χ2v) is 5.64. The average Bonchev–Trinajstić information content (AvgIpc) is 2.53. The summed E-state index contributed by atoms with van der Waals surface area (Å²) in [6.45, 7) is 2.14. The molecule has 1 aromatic heterocycles. The fourth-order valence-electron chi connectivity index (χ4n) is 2.63. The molecule has 1 aliphatic heterocycles. The third-order valence-electron chi connectivity index (χ3n) is 3.71.